The van der Waals surface area contributed by atoms with Crippen LogP contribution < -0.4 is 10.6 Å². The Hall–Kier alpha value is -4.70. The molecule has 3 aromatic carbocycles. The molecule has 0 radical (unpaired) electrons. The summed E-state index contributed by atoms with van der Waals surface area (Å²) < 4.78 is 15.6. The standard InChI is InChI=1S/C30H30N2O8/c33-27(34)18-38-19-31-29(36)26(14-15-28(35)39-16-20-8-2-1-3-9-20)32-30(37)40-17-25-23-12-6-4-10-21(23)22-11-5-7-13-24(22)25/h1-13,25-26H,14-19H2,(H,31,36)(H,32,37)(H,33,34)/t26-/m0/s1. The Labute approximate surface area is 231 Å². The number of amides is 2. The van der Waals surface area contributed by atoms with Gasteiger partial charge in [0.25, 0.3) is 0 Å². The molecule has 3 aromatic rings. The minimum Gasteiger partial charge on any atom is -0.480 e. The van der Waals surface area contributed by atoms with E-state index in [4.69, 9.17) is 19.3 Å². The van der Waals surface area contributed by atoms with E-state index in [1.165, 1.54) is 0 Å². The summed E-state index contributed by atoms with van der Waals surface area (Å²) in [5.74, 6) is -2.56. The summed E-state index contributed by atoms with van der Waals surface area (Å²) in [4.78, 5) is 48.5. The van der Waals surface area contributed by atoms with Gasteiger partial charge in [-0.25, -0.2) is 9.59 Å². The molecule has 1 atom stereocenters. The van der Waals surface area contributed by atoms with Gasteiger partial charge in [-0.15, -0.1) is 0 Å². The van der Waals surface area contributed by atoms with Gasteiger partial charge in [0.2, 0.25) is 5.91 Å². The number of carbonyl (C=O) groups is 4. The molecule has 10 nitrogen and oxygen atoms in total. The second kappa shape index (κ2) is 13.9. The molecule has 1 aliphatic carbocycles. The average molecular weight is 547 g/mol. The molecule has 0 bridgehead atoms. The summed E-state index contributed by atoms with van der Waals surface area (Å²) in [7, 11) is 0. The molecule has 0 heterocycles. The van der Waals surface area contributed by atoms with E-state index in [9.17, 15) is 19.2 Å². The maximum Gasteiger partial charge on any atom is 0.407 e. The molecular formula is C30H30N2O8. The van der Waals surface area contributed by atoms with Crippen LogP contribution in [0.1, 0.15) is 35.4 Å². The Morgan fingerprint density at radius 2 is 1.45 bits per heavy atom. The molecule has 0 aliphatic heterocycles. The monoisotopic (exact) mass is 546 g/mol. The van der Waals surface area contributed by atoms with Crippen LogP contribution in [0, 0.1) is 0 Å². The van der Waals surface area contributed by atoms with E-state index in [-0.39, 0.29) is 38.7 Å². The van der Waals surface area contributed by atoms with Crippen molar-refractivity contribution in [1.29, 1.82) is 0 Å². The fraction of sp³-hybridized carbons (Fsp3) is 0.267. The summed E-state index contributed by atoms with van der Waals surface area (Å²) in [6.45, 7) is -0.850. The fourth-order valence-corrected chi connectivity index (χ4v) is 4.51. The Balaban J connectivity index is 1.34. The van der Waals surface area contributed by atoms with E-state index in [1.54, 1.807) is 0 Å². The van der Waals surface area contributed by atoms with Gasteiger partial charge >= 0.3 is 18.0 Å². The van der Waals surface area contributed by atoms with Gasteiger partial charge in [-0.05, 0) is 34.2 Å². The van der Waals surface area contributed by atoms with Crippen LogP contribution in [0.2, 0.25) is 0 Å². The molecule has 10 heteroatoms. The highest BCUT2D eigenvalue weighted by Gasteiger charge is 2.30. The Morgan fingerprint density at radius 1 is 0.825 bits per heavy atom. The summed E-state index contributed by atoms with van der Waals surface area (Å²) in [5, 5.41) is 13.6. The van der Waals surface area contributed by atoms with Crippen LogP contribution in [-0.4, -0.2) is 55.0 Å². The molecular weight excluding hydrogens is 516 g/mol. The number of alkyl carbamates (subject to hydrolysis) is 1. The van der Waals surface area contributed by atoms with E-state index >= 15 is 0 Å². The highest BCUT2D eigenvalue weighted by atomic mass is 16.5. The Morgan fingerprint density at radius 3 is 2.10 bits per heavy atom. The van der Waals surface area contributed by atoms with E-state index in [0.29, 0.717) is 0 Å². The highest BCUT2D eigenvalue weighted by Crippen LogP contribution is 2.44. The lowest BCUT2D eigenvalue weighted by Crippen LogP contribution is -2.48. The lowest BCUT2D eigenvalue weighted by atomic mass is 9.98. The van der Waals surface area contributed by atoms with Crippen LogP contribution in [0.25, 0.3) is 11.1 Å². The fourth-order valence-electron chi connectivity index (χ4n) is 4.51. The first-order valence-corrected chi connectivity index (χ1v) is 12.8. The largest absolute Gasteiger partial charge is 0.480 e. The van der Waals surface area contributed by atoms with Crippen molar-refractivity contribution >= 4 is 23.9 Å². The first-order valence-electron chi connectivity index (χ1n) is 12.8. The third-order valence-electron chi connectivity index (χ3n) is 6.41. The number of carboxylic acids is 1. The first kappa shape index (κ1) is 28.3. The van der Waals surface area contributed by atoms with Crippen LogP contribution in [-0.2, 0) is 35.2 Å². The van der Waals surface area contributed by atoms with Crippen molar-refractivity contribution in [2.24, 2.45) is 0 Å². The number of hydrogen-bond acceptors (Lipinski definition) is 7. The summed E-state index contributed by atoms with van der Waals surface area (Å²) >= 11 is 0. The molecule has 2 amide bonds. The van der Waals surface area contributed by atoms with Crippen LogP contribution >= 0.6 is 0 Å². The number of carbonyl (C=O) groups excluding carboxylic acids is 3. The topological polar surface area (TPSA) is 140 Å². The zero-order valence-corrected chi connectivity index (χ0v) is 21.7. The number of aliphatic carboxylic acids is 1. The molecule has 1 aliphatic rings. The Kier molecular flexibility index (Phi) is 9.84. The molecule has 4 rings (SSSR count). The van der Waals surface area contributed by atoms with Gasteiger partial charge in [-0.3, -0.25) is 9.59 Å². The van der Waals surface area contributed by atoms with Gasteiger partial charge in [0.05, 0.1) is 0 Å². The third kappa shape index (κ3) is 7.67. The van der Waals surface area contributed by atoms with Crippen molar-refractivity contribution in [3.63, 3.8) is 0 Å². The van der Waals surface area contributed by atoms with Gasteiger partial charge in [0, 0.05) is 12.3 Å². The average Bonchev–Trinajstić information content (AvgIpc) is 3.29. The summed E-state index contributed by atoms with van der Waals surface area (Å²) in [6.07, 6.45) is -1.04. The zero-order valence-electron chi connectivity index (χ0n) is 21.7. The third-order valence-corrected chi connectivity index (χ3v) is 6.41. The number of fused-ring (bicyclic) bond motifs is 3. The molecule has 0 fully saturated rings. The number of rotatable bonds is 13. The van der Waals surface area contributed by atoms with E-state index in [1.807, 2.05) is 78.9 Å². The first-order chi connectivity index (χ1) is 19.4. The second-order valence-electron chi connectivity index (χ2n) is 9.13. The van der Waals surface area contributed by atoms with Crippen molar-refractivity contribution < 1.29 is 38.5 Å². The van der Waals surface area contributed by atoms with Gasteiger partial charge in [-0.1, -0.05) is 78.9 Å². The molecule has 0 unspecified atom stereocenters. The van der Waals surface area contributed by atoms with Gasteiger partial charge in [-0.2, -0.15) is 0 Å². The summed E-state index contributed by atoms with van der Waals surface area (Å²) in [6, 6.07) is 23.8. The highest BCUT2D eigenvalue weighted by molar-refractivity contribution is 5.86. The SMILES string of the molecule is O=C(O)COCNC(=O)[C@H](CCC(=O)OCc1ccccc1)NC(=O)OCC1c2ccccc2-c2ccccc21. The number of benzene rings is 3. The molecule has 0 aromatic heterocycles. The van der Waals surface area contributed by atoms with Crippen molar-refractivity contribution in [3.05, 3.63) is 95.6 Å². The second-order valence-corrected chi connectivity index (χ2v) is 9.13. The minimum atomic E-state index is -1.19. The van der Waals surface area contributed by atoms with E-state index in [2.05, 4.69) is 10.6 Å². The van der Waals surface area contributed by atoms with Crippen LogP contribution in [0.4, 0.5) is 4.79 Å². The number of ether oxygens (including phenoxy) is 3. The lowest BCUT2D eigenvalue weighted by molar-refractivity contribution is -0.146. The van der Waals surface area contributed by atoms with Crippen LogP contribution in [0.15, 0.2) is 78.9 Å². The smallest absolute Gasteiger partial charge is 0.407 e. The van der Waals surface area contributed by atoms with Crippen molar-refractivity contribution in [3.8, 4) is 11.1 Å². The maximum atomic E-state index is 12.8. The molecule has 208 valence electrons. The van der Waals surface area contributed by atoms with Crippen molar-refractivity contribution in [1.82, 2.24) is 10.6 Å². The predicted molar refractivity (Wildman–Crippen MR) is 144 cm³/mol. The van der Waals surface area contributed by atoms with Crippen molar-refractivity contribution in [2.45, 2.75) is 31.4 Å². The lowest BCUT2D eigenvalue weighted by Gasteiger charge is -2.19. The molecule has 0 saturated heterocycles. The van der Waals surface area contributed by atoms with Crippen LogP contribution in [0.3, 0.4) is 0 Å². The molecule has 40 heavy (non-hydrogen) atoms. The van der Waals surface area contributed by atoms with Crippen molar-refractivity contribution in [2.75, 3.05) is 19.9 Å². The van der Waals surface area contributed by atoms with Crippen LogP contribution in [0.5, 0.6) is 0 Å². The number of hydrogen-bond donors (Lipinski definition) is 3. The minimum absolute atomic E-state index is 0.0506. The maximum absolute atomic E-state index is 12.8. The summed E-state index contributed by atoms with van der Waals surface area (Å²) in [5.41, 5.74) is 5.07. The zero-order chi connectivity index (χ0) is 28.3. The number of nitrogens with one attached hydrogen (secondary N) is 2. The Bertz CT molecular complexity index is 1300. The predicted octanol–water partition coefficient (Wildman–Crippen LogP) is 3.59. The number of carboxylic acid groups (broad SMARTS) is 1. The molecule has 0 saturated carbocycles. The van der Waals surface area contributed by atoms with Gasteiger partial charge in [0.15, 0.2) is 0 Å². The quantitative estimate of drug-likeness (QED) is 0.168. The van der Waals surface area contributed by atoms with Gasteiger partial charge < -0.3 is 30.0 Å². The van der Waals surface area contributed by atoms with E-state index in [0.717, 1.165) is 27.8 Å². The van der Waals surface area contributed by atoms with Gasteiger partial charge in [0.1, 0.15) is 32.6 Å². The molecule has 0 spiro atoms. The van der Waals surface area contributed by atoms with E-state index < -0.39 is 36.6 Å². The normalized spacial score (nSPS) is 12.5. The molecule has 3 N–H and O–H groups in total. The number of esters is 1.